The van der Waals surface area contributed by atoms with Gasteiger partial charge in [0.2, 0.25) is 0 Å². The second-order valence-electron chi connectivity index (χ2n) is 5.46. The standard InChI is InChI=1S/C17H13N3O6/c1-10(17(22)23)19-13-9-12(20(24)25)5-6-14(13)26-15(16(19)21)8-11-4-2-3-7-18-11/h2-10H,1H3,(H,22,23)/b15-8+. The van der Waals surface area contributed by atoms with Gasteiger partial charge in [-0.15, -0.1) is 0 Å². The Labute approximate surface area is 147 Å². The average Bonchev–Trinajstić information content (AvgIpc) is 2.62. The van der Waals surface area contributed by atoms with Gasteiger partial charge in [0, 0.05) is 24.4 Å². The second kappa shape index (κ2) is 6.63. The number of carboxylic acid groups (broad SMARTS) is 1. The molecule has 1 aromatic carbocycles. The SMILES string of the molecule is CC(C(=O)O)N1C(=O)/C(=C\c2ccccn2)Oc2ccc([N+](=O)[O-])cc21. The van der Waals surface area contributed by atoms with Crippen LogP contribution >= 0.6 is 0 Å². The fourth-order valence-corrected chi connectivity index (χ4v) is 2.47. The number of aliphatic carboxylic acids is 1. The number of hydrogen-bond donors (Lipinski definition) is 1. The van der Waals surface area contributed by atoms with Crippen LogP contribution < -0.4 is 9.64 Å². The van der Waals surface area contributed by atoms with E-state index in [1.807, 2.05) is 0 Å². The van der Waals surface area contributed by atoms with Gasteiger partial charge in [-0.3, -0.25) is 24.8 Å². The van der Waals surface area contributed by atoms with Crippen molar-refractivity contribution in [3.05, 3.63) is 64.2 Å². The highest BCUT2D eigenvalue weighted by molar-refractivity contribution is 6.12. The van der Waals surface area contributed by atoms with Crippen molar-refractivity contribution in [2.24, 2.45) is 0 Å². The minimum absolute atomic E-state index is 0.0253. The normalized spacial score (nSPS) is 16.0. The molecule has 132 valence electrons. The van der Waals surface area contributed by atoms with Crippen LogP contribution in [0.25, 0.3) is 6.08 Å². The number of benzene rings is 1. The number of rotatable bonds is 4. The third kappa shape index (κ3) is 3.09. The predicted octanol–water partition coefficient (Wildman–Crippen LogP) is 2.23. The zero-order valence-electron chi connectivity index (χ0n) is 13.5. The number of nitrogens with zero attached hydrogens (tertiary/aromatic N) is 3. The lowest BCUT2D eigenvalue weighted by Crippen LogP contribution is -2.47. The van der Waals surface area contributed by atoms with Crippen molar-refractivity contribution in [1.82, 2.24) is 4.98 Å². The first-order chi connectivity index (χ1) is 12.4. The zero-order valence-corrected chi connectivity index (χ0v) is 13.5. The molecule has 1 amide bonds. The molecule has 3 rings (SSSR count). The molecule has 1 aliphatic heterocycles. The summed E-state index contributed by atoms with van der Waals surface area (Å²) in [5.74, 6) is -1.96. The van der Waals surface area contributed by atoms with Crippen molar-refractivity contribution in [3.8, 4) is 5.75 Å². The number of nitro groups is 1. The number of aromatic nitrogens is 1. The number of hydrogen-bond acceptors (Lipinski definition) is 6. The van der Waals surface area contributed by atoms with Crippen LogP contribution in [0.4, 0.5) is 11.4 Å². The fourth-order valence-electron chi connectivity index (χ4n) is 2.47. The van der Waals surface area contributed by atoms with Gasteiger partial charge < -0.3 is 9.84 Å². The Morgan fingerprint density at radius 1 is 1.38 bits per heavy atom. The lowest BCUT2D eigenvalue weighted by molar-refractivity contribution is -0.384. The molecule has 9 nitrogen and oxygen atoms in total. The van der Waals surface area contributed by atoms with E-state index in [0.717, 1.165) is 11.0 Å². The molecule has 2 heterocycles. The number of amides is 1. The van der Waals surface area contributed by atoms with Crippen molar-refractivity contribution in [3.63, 3.8) is 0 Å². The van der Waals surface area contributed by atoms with E-state index in [9.17, 15) is 24.8 Å². The number of anilines is 1. The summed E-state index contributed by atoms with van der Waals surface area (Å²) < 4.78 is 5.56. The molecule has 0 fully saturated rings. The first-order valence-corrected chi connectivity index (χ1v) is 7.54. The lowest BCUT2D eigenvalue weighted by Gasteiger charge is -2.32. The molecule has 0 saturated heterocycles. The number of non-ortho nitro benzene ring substituents is 1. The summed E-state index contributed by atoms with van der Waals surface area (Å²) in [6.07, 6.45) is 2.92. The van der Waals surface area contributed by atoms with E-state index in [1.165, 1.54) is 31.3 Å². The molecule has 0 aliphatic carbocycles. The molecule has 1 aromatic heterocycles. The Hall–Kier alpha value is -3.75. The van der Waals surface area contributed by atoms with Crippen molar-refractivity contribution < 1.29 is 24.4 Å². The van der Waals surface area contributed by atoms with Crippen LogP contribution in [0.5, 0.6) is 5.75 Å². The second-order valence-corrected chi connectivity index (χ2v) is 5.46. The monoisotopic (exact) mass is 355 g/mol. The first kappa shape index (κ1) is 17.1. The Bertz CT molecular complexity index is 925. The number of carbonyl (C=O) groups is 2. The van der Waals surface area contributed by atoms with Gasteiger partial charge in [0.15, 0.2) is 11.5 Å². The third-order valence-corrected chi connectivity index (χ3v) is 3.77. The number of nitro benzene ring substituents is 1. The smallest absolute Gasteiger partial charge is 0.326 e. The molecule has 1 aliphatic rings. The molecule has 0 radical (unpaired) electrons. The Balaban J connectivity index is 2.13. The van der Waals surface area contributed by atoms with Gasteiger partial charge in [-0.25, -0.2) is 4.79 Å². The summed E-state index contributed by atoms with van der Waals surface area (Å²) in [6.45, 7) is 1.31. The summed E-state index contributed by atoms with van der Waals surface area (Å²) in [5.41, 5.74) is 0.196. The van der Waals surface area contributed by atoms with Crippen LogP contribution in [0.15, 0.2) is 48.4 Å². The minimum Gasteiger partial charge on any atom is -0.480 e. The molecule has 9 heteroatoms. The highest BCUT2D eigenvalue weighted by atomic mass is 16.6. The van der Waals surface area contributed by atoms with Crippen molar-refractivity contribution in [2.45, 2.75) is 13.0 Å². The van der Waals surface area contributed by atoms with Crippen LogP contribution in [-0.2, 0) is 9.59 Å². The third-order valence-electron chi connectivity index (χ3n) is 3.77. The van der Waals surface area contributed by atoms with Gasteiger partial charge in [-0.1, -0.05) is 6.07 Å². The molecule has 0 bridgehead atoms. The van der Waals surface area contributed by atoms with Crippen LogP contribution in [0.1, 0.15) is 12.6 Å². The molecule has 1 N–H and O–H groups in total. The quantitative estimate of drug-likeness (QED) is 0.507. The van der Waals surface area contributed by atoms with Gasteiger partial charge in [-0.05, 0) is 25.1 Å². The van der Waals surface area contributed by atoms with Gasteiger partial charge in [0.05, 0.1) is 16.3 Å². The maximum Gasteiger partial charge on any atom is 0.326 e. The van der Waals surface area contributed by atoms with Crippen LogP contribution in [0.3, 0.4) is 0 Å². The first-order valence-electron chi connectivity index (χ1n) is 7.54. The van der Waals surface area contributed by atoms with Gasteiger partial charge in [0.25, 0.3) is 11.6 Å². The largest absolute Gasteiger partial charge is 0.480 e. The van der Waals surface area contributed by atoms with Crippen molar-refractivity contribution in [1.29, 1.82) is 0 Å². The number of fused-ring (bicyclic) bond motifs is 1. The van der Waals surface area contributed by atoms with Gasteiger partial charge >= 0.3 is 5.97 Å². The van der Waals surface area contributed by atoms with Gasteiger partial charge in [-0.2, -0.15) is 0 Å². The van der Waals surface area contributed by atoms with E-state index in [2.05, 4.69) is 4.98 Å². The summed E-state index contributed by atoms with van der Waals surface area (Å²) in [6, 6.07) is 7.49. The fraction of sp³-hybridized carbons (Fsp3) is 0.118. The Kier molecular flexibility index (Phi) is 4.36. The van der Waals surface area contributed by atoms with Crippen molar-refractivity contribution >= 4 is 29.3 Å². The van der Waals surface area contributed by atoms with Gasteiger partial charge in [0.1, 0.15) is 6.04 Å². The molecule has 1 unspecified atom stereocenters. The van der Waals surface area contributed by atoms with Crippen molar-refractivity contribution in [2.75, 3.05) is 4.90 Å². The number of ether oxygens (including phenoxy) is 1. The maximum atomic E-state index is 12.8. The molecule has 1 atom stereocenters. The highest BCUT2D eigenvalue weighted by Gasteiger charge is 2.37. The van der Waals surface area contributed by atoms with Crippen LogP contribution in [0.2, 0.25) is 0 Å². The lowest BCUT2D eigenvalue weighted by atomic mass is 10.1. The highest BCUT2D eigenvalue weighted by Crippen LogP contribution is 2.39. The minimum atomic E-state index is -1.25. The Morgan fingerprint density at radius 3 is 2.77 bits per heavy atom. The summed E-state index contributed by atoms with van der Waals surface area (Å²) in [7, 11) is 0. The average molecular weight is 355 g/mol. The topological polar surface area (TPSA) is 123 Å². The molecule has 0 saturated carbocycles. The molecule has 26 heavy (non-hydrogen) atoms. The predicted molar refractivity (Wildman–Crippen MR) is 90.5 cm³/mol. The van der Waals surface area contributed by atoms with E-state index in [-0.39, 0.29) is 22.9 Å². The summed E-state index contributed by atoms with van der Waals surface area (Å²) in [4.78, 5) is 39.6. The molecular formula is C17H13N3O6. The maximum absolute atomic E-state index is 12.8. The van der Waals surface area contributed by atoms with E-state index in [0.29, 0.717) is 5.69 Å². The number of carbonyl (C=O) groups excluding carboxylic acids is 1. The number of pyridine rings is 1. The van der Waals surface area contributed by atoms with Crippen LogP contribution in [0, 0.1) is 10.1 Å². The Morgan fingerprint density at radius 2 is 2.15 bits per heavy atom. The zero-order chi connectivity index (χ0) is 18.8. The summed E-state index contributed by atoms with van der Waals surface area (Å²) >= 11 is 0. The van der Waals surface area contributed by atoms with E-state index in [4.69, 9.17) is 4.74 Å². The van der Waals surface area contributed by atoms with E-state index >= 15 is 0 Å². The van der Waals surface area contributed by atoms with E-state index < -0.39 is 22.8 Å². The molecule has 0 spiro atoms. The van der Waals surface area contributed by atoms with E-state index in [1.54, 1.807) is 18.2 Å². The summed E-state index contributed by atoms with van der Waals surface area (Å²) in [5, 5.41) is 20.3. The molecular weight excluding hydrogens is 342 g/mol. The number of carboxylic acids is 1. The van der Waals surface area contributed by atoms with Crippen LogP contribution in [-0.4, -0.2) is 32.9 Å². The molecule has 2 aromatic rings.